The monoisotopic (exact) mass is 267 g/mol. The van der Waals surface area contributed by atoms with Gasteiger partial charge in [-0.2, -0.15) is 0 Å². The number of hydrogen-bond acceptors (Lipinski definition) is 3. The van der Waals surface area contributed by atoms with Crippen molar-refractivity contribution in [3.05, 3.63) is 22.2 Å². The molecule has 0 atom stereocenters. The second kappa shape index (κ2) is 5.14. The fourth-order valence-electron chi connectivity index (χ4n) is 2.38. The van der Waals surface area contributed by atoms with Gasteiger partial charge in [-0.05, 0) is 38.3 Å². The van der Waals surface area contributed by atoms with Gasteiger partial charge in [-0.25, -0.2) is 9.97 Å². The molecular weight excluding hydrogens is 246 g/mol. The SMILES string of the molecule is CCN(C)Cc1nc(Cl)c2c(n1)CCC(C)(C)C2. The van der Waals surface area contributed by atoms with Gasteiger partial charge >= 0.3 is 0 Å². The van der Waals surface area contributed by atoms with E-state index in [0.29, 0.717) is 10.6 Å². The van der Waals surface area contributed by atoms with E-state index >= 15 is 0 Å². The lowest BCUT2D eigenvalue weighted by atomic mass is 9.76. The average molecular weight is 268 g/mol. The topological polar surface area (TPSA) is 29.0 Å². The molecule has 0 saturated heterocycles. The van der Waals surface area contributed by atoms with Crippen molar-refractivity contribution in [2.75, 3.05) is 13.6 Å². The highest BCUT2D eigenvalue weighted by Crippen LogP contribution is 2.36. The lowest BCUT2D eigenvalue weighted by molar-refractivity contribution is 0.307. The highest BCUT2D eigenvalue weighted by molar-refractivity contribution is 6.30. The van der Waals surface area contributed by atoms with Crippen molar-refractivity contribution in [2.45, 2.75) is 46.6 Å². The number of fused-ring (bicyclic) bond motifs is 1. The molecule has 0 bridgehead atoms. The molecule has 2 rings (SSSR count). The molecule has 0 aliphatic heterocycles. The molecule has 1 heterocycles. The molecular formula is C14H22ClN3. The third kappa shape index (κ3) is 3.01. The summed E-state index contributed by atoms with van der Waals surface area (Å²) in [5.74, 6) is 0.850. The second-order valence-corrected chi connectivity index (χ2v) is 6.39. The van der Waals surface area contributed by atoms with E-state index < -0.39 is 0 Å². The first-order valence-corrected chi connectivity index (χ1v) is 7.02. The molecule has 0 amide bonds. The molecule has 100 valence electrons. The van der Waals surface area contributed by atoms with Crippen LogP contribution in [0.2, 0.25) is 5.15 Å². The van der Waals surface area contributed by atoms with Crippen LogP contribution in [-0.4, -0.2) is 28.5 Å². The smallest absolute Gasteiger partial charge is 0.144 e. The number of hydrogen-bond donors (Lipinski definition) is 0. The van der Waals surface area contributed by atoms with Crippen LogP contribution >= 0.6 is 11.6 Å². The molecule has 1 aliphatic rings. The van der Waals surface area contributed by atoms with Crippen molar-refractivity contribution >= 4 is 11.6 Å². The Hall–Kier alpha value is -0.670. The highest BCUT2D eigenvalue weighted by Gasteiger charge is 2.28. The van der Waals surface area contributed by atoms with E-state index in [-0.39, 0.29) is 0 Å². The van der Waals surface area contributed by atoms with Crippen LogP contribution in [0.5, 0.6) is 0 Å². The first kappa shape index (κ1) is 13.8. The van der Waals surface area contributed by atoms with Crippen molar-refractivity contribution in [3.8, 4) is 0 Å². The molecule has 1 aromatic heterocycles. The maximum absolute atomic E-state index is 6.33. The van der Waals surface area contributed by atoms with Crippen LogP contribution in [0.25, 0.3) is 0 Å². The number of rotatable bonds is 3. The van der Waals surface area contributed by atoms with Crippen LogP contribution in [-0.2, 0) is 19.4 Å². The molecule has 0 aromatic carbocycles. The Morgan fingerprint density at radius 3 is 2.72 bits per heavy atom. The van der Waals surface area contributed by atoms with Crippen LogP contribution < -0.4 is 0 Å². The molecule has 3 nitrogen and oxygen atoms in total. The molecule has 0 fully saturated rings. The van der Waals surface area contributed by atoms with Crippen molar-refractivity contribution in [1.82, 2.24) is 14.9 Å². The fourth-order valence-corrected chi connectivity index (χ4v) is 2.65. The predicted octanol–water partition coefficient (Wildman–Crippen LogP) is 3.10. The molecule has 1 aliphatic carbocycles. The Morgan fingerprint density at radius 1 is 1.33 bits per heavy atom. The van der Waals surface area contributed by atoms with E-state index in [0.717, 1.165) is 43.0 Å². The highest BCUT2D eigenvalue weighted by atomic mass is 35.5. The minimum Gasteiger partial charge on any atom is -0.299 e. The molecule has 0 radical (unpaired) electrons. The average Bonchev–Trinajstić information content (AvgIpc) is 2.29. The van der Waals surface area contributed by atoms with Crippen LogP contribution in [0.15, 0.2) is 0 Å². The van der Waals surface area contributed by atoms with Gasteiger partial charge in [0.15, 0.2) is 0 Å². The number of aromatic nitrogens is 2. The summed E-state index contributed by atoms with van der Waals surface area (Å²) < 4.78 is 0. The summed E-state index contributed by atoms with van der Waals surface area (Å²) in [4.78, 5) is 11.3. The van der Waals surface area contributed by atoms with E-state index in [1.54, 1.807) is 0 Å². The minimum absolute atomic E-state index is 0.321. The molecule has 0 N–H and O–H groups in total. The Kier molecular flexibility index (Phi) is 3.93. The summed E-state index contributed by atoms with van der Waals surface area (Å²) in [5.41, 5.74) is 2.64. The van der Waals surface area contributed by atoms with E-state index in [1.165, 1.54) is 6.42 Å². The first-order valence-electron chi connectivity index (χ1n) is 6.64. The van der Waals surface area contributed by atoms with Crippen molar-refractivity contribution < 1.29 is 0 Å². The van der Waals surface area contributed by atoms with Gasteiger partial charge in [0.25, 0.3) is 0 Å². The summed E-state index contributed by atoms with van der Waals surface area (Å²) in [5, 5.41) is 0.660. The molecule has 4 heteroatoms. The summed E-state index contributed by atoms with van der Waals surface area (Å²) in [6.45, 7) is 8.45. The van der Waals surface area contributed by atoms with Gasteiger partial charge in [-0.1, -0.05) is 32.4 Å². The fraction of sp³-hybridized carbons (Fsp3) is 0.714. The van der Waals surface area contributed by atoms with Crippen LogP contribution in [0.4, 0.5) is 0 Å². The first-order chi connectivity index (χ1) is 8.41. The zero-order chi connectivity index (χ0) is 13.3. The zero-order valence-corrected chi connectivity index (χ0v) is 12.5. The summed E-state index contributed by atoms with van der Waals surface area (Å²) in [7, 11) is 2.07. The van der Waals surface area contributed by atoms with E-state index in [4.69, 9.17) is 16.6 Å². The molecule has 0 unspecified atom stereocenters. The lowest BCUT2D eigenvalue weighted by Gasteiger charge is -2.31. The largest absolute Gasteiger partial charge is 0.299 e. The maximum atomic E-state index is 6.33. The zero-order valence-electron chi connectivity index (χ0n) is 11.8. The van der Waals surface area contributed by atoms with Crippen molar-refractivity contribution in [3.63, 3.8) is 0 Å². The Morgan fingerprint density at radius 2 is 2.06 bits per heavy atom. The van der Waals surface area contributed by atoms with Gasteiger partial charge in [-0.15, -0.1) is 0 Å². The molecule has 0 saturated carbocycles. The van der Waals surface area contributed by atoms with E-state index in [1.807, 2.05) is 0 Å². The third-order valence-electron chi connectivity index (χ3n) is 3.73. The molecule has 1 aromatic rings. The number of nitrogens with zero attached hydrogens (tertiary/aromatic N) is 3. The van der Waals surface area contributed by atoms with Crippen molar-refractivity contribution in [2.24, 2.45) is 5.41 Å². The Bertz CT molecular complexity index is 443. The van der Waals surface area contributed by atoms with Gasteiger partial charge in [0, 0.05) is 11.3 Å². The van der Waals surface area contributed by atoms with Gasteiger partial charge in [-0.3, -0.25) is 4.90 Å². The van der Waals surface area contributed by atoms with Crippen LogP contribution in [0, 0.1) is 5.41 Å². The normalized spacial score (nSPS) is 17.9. The summed E-state index contributed by atoms with van der Waals surface area (Å²) in [6, 6.07) is 0. The van der Waals surface area contributed by atoms with Gasteiger partial charge in [0.1, 0.15) is 11.0 Å². The Balaban J connectivity index is 2.27. The quantitative estimate of drug-likeness (QED) is 0.788. The van der Waals surface area contributed by atoms with E-state index in [2.05, 4.69) is 37.7 Å². The number of halogens is 1. The predicted molar refractivity (Wildman–Crippen MR) is 74.9 cm³/mol. The van der Waals surface area contributed by atoms with Gasteiger partial charge < -0.3 is 0 Å². The summed E-state index contributed by atoms with van der Waals surface area (Å²) >= 11 is 6.33. The summed E-state index contributed by atoms with van der Waals surface area (Å²) in [6.07, 6.45) is 3.19. The third-order valence-corrected chi connectivity index (χ3v) is 4.05. The Labute approximate surface area is 115 Å². The second-order valence-electron chi connectivity index (χ2n) is 6.03. The minimum atomic E-state index is 0.321. The van der Waals surface area contributed by atoms with Crippen molar-refractivity contribution in [1.29, 1.82) is 0 Å². The molecule has 18 heavy (non-hydrogen) atoms. The standard InChI is InChI=1S/C14H22ClN3/c1-5-18(4)9-12-16-11-6-7-14(2,3)8-10(11)13(15)17-12/h5-9H2,1-4H3. The molecule has 0 spiro atoms. The van der Waals surface area contributed by atoms with Gasteiger partial charge in [0.05, 0.1) is 6.54 Å². The maximum Gasteiger partial charge on any atom is 0.144 e. The van der Waals surface area contributed by atoms with Crippen LogP contribution in [0.3, 0.4) is 0 Å². The van der Waals surface area contributed by atoms with Gasteiger partial charge in [0.2, 0.25) is 0 Å². The van der Waals surface area contributed by atoms with Crippen LogP contribution in [0.1, 0.15) is 44.3 Å². The van der Waals surface area contributed by atoms with E-state index in [9.17, 15) is 0 Å². The lowest BCUT2D eigenvalue weighted by Crippen LogP contribution is -2.25. The number of aryl methyl sites for hydroxylation is 1.